The molecule has 124 valence electrons. The second-order valence-corrected chi connectivity index (χ2v) is 4.81. The Morgan fingerprint density at radius 1 is 1.22 bits per heavy atom. The van der Waals surface area contributed by atoms with Crippen LogP contribution in [-0.2, 0) is 14.4 Å². The van der Waals surface area contributed by atoms with Crippen LogP contribution in [0.2, 0.25) is 0 Å². The van der Waals surface area contributed by atoms with E-state index in [4.69, 9.17) is 16.6 Å². The largest absolute Gasteiger partial charge is 0.481 e. The number of hydrogen-bond donors (Lipinski definition) is 4. The molecule has 0 bridgehead atoms. The van der Waals surface area contributed by atoms with Crippen LogP contribution in [0.3, 0.4) is 0 Å². The van der Waals surface area contributed by atoms with E-state index in [1.807, 2.05) is 0 Å². The van der Waals surface area contributed by atoms with Crippen molar-refractivity contribution in [1.29, 1.82) is 0 Å². The minimum atomic E-state index is -1.44. The summed E-state index contributed by atoms with van der Waals surface area (Å²) in [5.41, 5.74) is 10.2. The molecule has 0 saturated heterocycles. The Kier molecular flexibility index (Phi) is 6.34. The highest BCUT2D eigenvalue weighted by Crippen LogP contribution is 2.09. The predicted octanol–water partition coefficient (Wildman–Crippen LogP) is -0.829. The van der Waals surface area contributed by atoms with Gasteiger partial charge in [0.1, 0.15) is 11.9 Å². The summed E-state index contributed by atoms with van der Waals surface area (Å²) >= 11 is 0. The SMILES string of the molecule is NC(=O)C[C@H](N)C(=O)N[C@@H](CC(=O)O)C(=O)c1cccc(F)c1. The third-order valence-electron chi connectivity index (χ3n) is 2.88. The van der Waals surface area contributed by atoms with Gasteiger partial charge in [0.25, 0.3) is 0 Å². The highest BCUT2D eigenvalue weighted by atomic mass is 19.1. The van der Waals surface area contributed by atoms with Gasteiger partial charge in [0, 0.05) is 5.56 Å². The number of rotatable bonds is 8. The topological polar surface area (TPSA) is 153 Å². The van der Waals surface area contributed by atoms with Gasteiger partial charge >= 0.3 is 5.97 Å². The van der Waals surface area contributed by atoms with Crippen molar-refractivity contribution < 1.29 is 28.7 Å². The second-order valence-electron chi connectivity index (χ2n) is 4.81. The van der Waals surface area contributed by atoms with Gasteiger partial charge in [0.05, 0.1) is 18.9 Å². The molecular weight excluding hydrogens is 309 g/mol. The smallest absolute Gasteiger partial charge is 0.305 e. The zero-order chi connectivity index (χ0) is 17.6. The molecule has 0 saturated carbocycles. The summed E-state index contributed by atoms with van der Waals surface area (Å²) in [6, 6.07) is 1.85. The first-order valence-corrected chi connectivity index (χ1v) is 6.56. The Bertz CT molecular complexity index is 635. The van der Waals surface area contributed by atoms with Crippen molar-refractivity contribution in [3.63, 3.8) is 0 Å². The highest BCUT2D eigenvalue weighted by Gasteiger charge is 2.27. The van der Waals surface area contributed by atoms with Gasteiger partial charge in [0.2, 0.25) is 11.8 Å². The Hall–Kier alpha value is -2.81. The van der Waals surface area contributed by atoms with Gasteiger partial charge in [-0.05, 0) is 12.1 Å². The summed E-state index contributed by atoms with van der Waals surface area (Å²) in [4.78, 5) is 45.6. The minimum absolute atomic E-state index is 0.0972. The number of ketones is 1. The van der Waals surface area contributed by atoms with E-state index in [-0.39, 0.29) is 5.56 Å². The fourth-order valence-corrected chi connectivity index (χ4v) is 1.82. The van der Waals surface area contributed by atoms with Crippen LogP contribution < -0.4 is 16.8 Å². The average molecular weight is 325 g/mol. The Balaban J connectivity index is 2.91. The fourth-order valence-electron chi connectivity index (χ4n) is 1.82. The lowest BCUT2D eigenvalue weighted by Gasteiger charge is -2.18. The molecule has 0 aliphatic carbocycles. The number of amides is 2. The number of hydrogen-bond acceptors (Lipinski definition) is 5. The quantitative estimate of drug-likeness (QED) is 0.458. The lowest BCUT2D eigenvalue weighted by atomic mass is 10.0. The lowest BCUT2D eigenvalue weighted by Crippen LogP contribution is -2.50. The molecule has 1 aromatic carbocycles. The van der Waals surface area contributed by atoms with Crippen LogP contribution in [0.1, 0.15) is 23.2 Å². The van der Waals surface area contributed by atoms with Crippen molar-refractivity contribution in [1.82, 2.24) is 5.32 Å². The van der Waals surface area contributed by atoms with Gasteiger partial charge in [-0.2, -0.15) is 0 Å². The van der Waals surface area contributed by atoms with Crippen molar-refractivity contribution in [2.45, 2.75) is 24.9 Å². The van der Waals surface area contributed by atoms with Gasteiger partial charge in [-0.1, -0.05) is 12.1 Å². The number of aliphatic carboxylic acids is 1. The van der Waals surface area contributed by atoms with E-state index in [1.165, 1.54) is 12.1 Å². The molecule has 0 heterocycles. The van der Waals surface area contributed by atoms with Crippen LogP contribution in [0.5, 0.6) is 0 Å². The molecule has 1 rings (SSSR count). The number of Topliss-reactive ketones (excluding diaryl/α,β-unsaturated/α-hetero) is 1. The van der Waals surface area contributed by atoms with Gasteiger partial charge in [-0.15, -0.1) is 0 Å². The third kappa shape index (κ3) is 5.83. The lowest BCUT2D eigenvalue weighted by molar-refractivity contribution is -0.137. The van der Waals surface area contributed by atoms with Crippen molar-refractivity contribution in [2.24, 2.45) is 11.5 Å². The summed E-state index contributed by atoms with van der Waals surface area (Å²) in [7, 11) is 0. The zero-order valence-corrected chi connectivity index (χ0v) is 12.0. The highest BCUT2D eigenvalue weighted by molar-refractivity contribution is 6.04. The molecule has 23 heavy (non-hydrogen) atoms. The van der Waals surface area contributed by atoms with Gasteiger partial charge in [-0.25, -0.2) is 4.39 Å². The van der Waals surface area contributed by atoms with Crippen LogP contribution in [0.15, 0.2) is 24.3 Å². The van der Waals surface area contributed by atoms with E-state index in [0.717, 1.165) is 12.1 Å². The van der Waals surface area contributed by atoms with E-state index in [1.54, 1.807) is 0 Å². The number of carboxylic acid groups (broad SMARTS) is 1. The molecule has 2 amide bonds. The maximum atomic E-state index is 13.2. The number of carbonyl (C=O) groups is 4. The van der Waals surface area contributed by atoms with Gasteiger partial charge in [0.15, 0.2) is 5.78 Å². The normalized spacial score (nSPS) is 13.0. The number of carboxylic acids is 1. The summed E-state index contributed by atoms with van der Waals surface area (Å²) in [6.45, 7) is 0. The van der Waals surface area contributed by atoms with Crippen LogP contribution >= 0.6 is 0 Å². The van der Waals surface area contributed by atoms with Crippen molar-refractivity contribution >= 4 is 23.6 Å². The Labute approximate surface area is 130 Å². The molecule has 0 radical (unpaired) electrons. The first kappa shape index (κ1) is 18.2. The van der Waals surface area contributed by atoms with Crippen molar-refractivity contribution in [3.8, 4) is 0 Å². The van der Waals surface area contributed by atoms with E-state index >= 15 is 0 Å². The number of nitrogens with two attached hydrogens (primary N) is 2. The summed E-state index contributed by atoms with van der Waals surface area (Å²) in [6.07, 6.45) is -1.18. The molecule has 9 heteroatoms. The molecule has 8 nitrogen and oxygen atoms in total. The molecular formula is C14H16FN3O5. The summed E-state index contributed by atoms with van der Waals surface area (Å²) in [5.74, 6) is -4.53. The van der Waals surface area contributed by atoms with Crippen LogP contribution in [0.25, 0.3) is 0 Å². The average Bonchev–Trinajstić information content (AvgIpc) is 2.44. The van der Waals surface area contributed by atoms with Crippen molar-refractivity contribution in [2.75, 3.05) is 0 Å². The zero-order valence-electron chi connectivity index (χ0n) is 12.0. The number of carbonyl (C=O) groups excluding carboxylic acids is 3. The minimum Gasteiger partial charge on any atom is -0.481 e. The van der Waals surface area contributed by atoms with E-state index in [2.05, 4.69) is 5.32 Å². The maximum Gasteiger partial charge on any atom is 0.305 e. The second kappa shape index (κ2) is 7.99. The molecule has 0 fully saturated rings. The number of benzene rings is 1. The Morgan fingerprint density at radius 2 is 1.87 bits per heavy atom. The monoisotopic (exact) mass is 325 g/mol. The van der Waals surface area contributed by atoms with E-state index in [9.17, 15) is 23.6 Å². The standard InChI is InChI=1S/C14H16FN3O5/c15-8-3-1-2-7(4-8)13(22)10(6-12(20)21)18-14(23)9(16)5-11(17)19/h1-4,9-10H,5-6,16H2,(H2,17,19)(H,18,23)(H,20,21)/t9-,10-/m0/s1. The van der Waals surface area contributed by atoms with Crippen LogP contribution in [-0.4, -0.2) is 40.8 Å². The molecule has 6 N–H and O–H groups in total. The molecule has 0 aromatic heterocycles. The maximum absolute atomic E-state index is 13.2. The summed E-state index contributed by atoms with van der Waals surface area (Å²) in [5, 5.41) is 11.0. The molecule has 0 aliphatic heterocycles. The Morgan fingerprint density at radius 3 is 2.39 bits per heavy atom. The predicted molar refractivity (Wildman–Crippen MR) is 76.7 cm³/mol. The third-order valence-corrected chi connectivity index (χ3v) is 2.88. The van der Waals surface area contributed by atoms with Gasteiger partial charge in [-0.3, -0.25) is 19.2 Å². The fraction of sp³-hybridized carbons (Fsp3) is 0.286. The molecule has 1 aromatic rings. The molecule has 2 atom stereocenters. The first-order chi connectivity index (χ1) is 10.7. The van der Waals surface area contributed by atoms with Gasteiger partial charge < -0.3 is 21.9 Å². The van der Waals surface area contributed by atoms with E-state index < -0.39 is 54.3 Å². The van der Waals surface area contributed by atoms with Crippen molar-refractivity contribution in [3.05, 3.63) is 35.6 Å². The number of primary amides is 1. The number of nitrogens with one attached hydrogen (secondary N) is 1. The molecule has 0 unspecified atom stereocenters. The van der Waals surface area contributed by atoms with E-state index in [0.29, 0.717) is 0 Å². The summed E-state index contributed by atoms with van der Waals surface area (Å²) < 4.78 is 13.2. The first-order valence-electron chi connectivity index (χ1n) is 6.56. The van der Waals surface area contributed by atoms with Crippen LogP contribution in [0.4, 0.5) is 4.39 Å². The van der Waals surface area contributed by atoms with Crippen LogP contribution in [0, 0.1) is 5.82 Å². The number of halogens is 1. The molecule has 0 aliphatic rings. The molecule has 0 spiro atoms.